The molecule has 3 heteroatoms. The summed E-state index contributed by atoms with van der Waals surface area (Å²) < 4.78 is 5.57. The highest BCUT2D eigenvalue weighted by Crippen LogP contribution is 2.23. The van der Waals surface area contributed by atoms with Gasteiger partial charge in [0.25, 0.3) is 0 Å². The first-order chi connectivity index (χ1) is 8.91. The first kappa shape index (κ1) is 15.5. The molecule has 1 atom stereocenters. The largest absolute Gasteiger partial charge is 0.443 e. The maximum absolute atomic E-state index is 12.3. The molecule has 0 heterocycles. The quantitative estimate of drug-likeness (QED) is 0.788. The van der Waals surface area contributed by atoms with Crippen LogP contribution in [0.25, 0.3) is 0 Å². The van der Waals surface area contributed by atoms with Crippen molar-refractivity contribution in [1.82, 2.24) is 4.90 Å². The molecule has 0 spiro atoms. The van der Waals surface area contributed by atoms with Crippen LogP contribution in [0, 0.1) is 0 Å². The Bertz CT molecular complexity index is 400. The molecule has 1 amide bonds. The van der Waals surface area contributed by atoms with Gasteiger partial charge in [0.1, 0.15) is 5.60 Å². The van der Waals surface area contributed by atoms with Crippen LogP contribution in [0.4, 0.5) is 4.79 Å². The molecule has 0 fully saturated rings. The summed E-state index contributed by atoms with van der Waals surface area (Å²) in [5, 5.41) is 0. The van der Waals surface area contributed by atoms with Gasteiger partial charge in [0, 0.05) is 6.54 Å². The van der Waals surface area contributed by atoms with Crippen molar-refractivity contribution >= 4 is 6.09 Å². The van der Waals surface area contributed by atoms with Gasteiger partial charge in [0.15, 0.2) is 0 Å². The van der Waals surface area contributed by atoms with Crippen LogP contribution >= 0.6 is 0 Å². The zero-order valence-electron chi connectivity index (χ0n) is 12.6. The molecule has 0 aliphatic carbocycles. The van der Waals surface area contributed by atoms with Crippen molar-refractivity contribution in [1.29, 1.82) is 0 Å². The summed E-state index contributed by atoms with van der Waals surface area (Å²) in [6.45, 7) is 10.5. The zero-order chi connectivity index (χ0) is 14.5. The van der Waals surface area contributed by atoms with E-state index < -0.39 is 5.60 Å². The van der Waals surface area contributed by atoms with Gasteiger partial charge in [-0.15, -0.1) is 0 Å². The predicted molar refractivity (Wildman–Crippen MR) is 78.1 cm³/mol. The average molecular weight is 263 g/mol. The van der Waals surface area contributed by atoms with Crippen LogP contribution in [-0.4, -0.2) is 23.1 Å². The van der Waals surface area contributed by atoms with Gasteiger partial charge in [-0.25, -0.2) is 4.79 Å². The smallest absolute Gasteiger partial charge is 0.410 e. The number of carbonyl (C=O) groups is 1. The molecule has 1 aromatic rings. The summed E-state index contributed by atoms with van der Waals surface area (Å²) in [7, 11) is 0. The van der Waals surface area contributed by atoms with E-state index in [0.717, 1.165) is 12.0 Å². The Morgan fingerprint density at radius 3 is 2.32 bits per heavy atom. The Morgan fingerprint density at radius 1 is 1.26 bits per heavy atom. The molecule has 1 rings (SSSR count). The van der Waals surface area contributed by atoms with E-state index in [0.29, 0.717) is 6.54 Å². The van der Waals surface area contributed by atoms with Crippen molar-refractivity contribution in [3.05, 3.63) is 35.9 Å². The Kier molecular flexibility index (Phi) is 5.40. The summed E-state index contributed by atoms with van der Waals surface area (Å²) in [4.78, 5) is 14.0. The number of hydrogen-bond donors (Lipinski definition) is 0. The summed E-state index contributed by atoms with van der Waals surface area (Å²) in [5.41, 5.74) is 0.705. The van der Waals surface area contributed by atoms with Crippen LogP contribution in [0.5, 0.6) is 0 Å². The monoisotopic (exact) mass is 263 g/mol. The highest BCUT2D eigenvalue weighted by Gasteiger charge is 2.27. The molecule has 0 saturated carbocycles. The summed E-state index contributed by atoms with van der Waals surface area (Å²) in [5.74, 6) is 0. The van der Waals surface area contributed by atoms with Crippen LogP contribution < -0.4 is 0 Å². The summed E-state index contributed by atoms with van der Waals surface area (Å²) in [6.07, 6.45) is 0.557. The zero-order valence-corrected chi connectivity index (χ0v) is 12.6. The van der Waals surface area contributed by atoms with Gasteiger partial charge >= 0.3 is 6.09 Å². The minimum absolute atomic E-state index is 0.0198. The molecule has 0 radical (unpaired) electrons. The summed E-state index contributed by atoms with van der Waals surface area (Å²) in [6, 6.07) is 10.0. The van der Waals surface area contributed by atoms with Gasteiger partial charge < -0.3 is 9.64 Å². The third kappa shape index (κ3) is 4.27. The van der Waals surface area contributed by atoms with Crippen LogP contribution in [0.3, 0.4) is 0 Å². The molecule has 0 bridgehead atoms. The third-order valence-electron chi connectivity index (χ3n) is 3.54. The third-order valence-corrected chi connectivity index (χ3v) is 3.54. The van der Waals surface area contributed by atoms with E-state index in [1.54, 1.807) is 4.90 Å². The normalized spacial score (nSPS) is 12.9. The highest BCUT2D eigenvalue weighted by atomic mass is 16.6. The number of amides is 1. The van der Waals surface area contributed by atoms with E-state index in [1.165, 1.54) is 0 Å². The molecule has 0 aliphatic rings. The van der Waals surface area contributed by atoms with Crippen molar-refractivity contribution in [2.45, 2.75) is 52.7 Å². The van der Waals surface area contributed by atoms with Gasteiger partial charge in [0.2, 0.25) is 0 Å². The molecular weight excluding hydrogens is 238 g/mol. The highest BCUT2D eigenvalue weighted by molar-refractivity contribution is 5.68. The van der Waals surface area contributed by atoms with Crippen molar-refractivity contribution in [2.75, 3.05) is 6.54 Å². The van der Waals surface area contributed by atoms with E-state index in [9.17, 15) is 4.79 Å². The summed E-state index contributed by atoms with van der Waals surface area (Å²) >= 11 is 0. The second-order valence-corrected chi connectivity index (χ2v) is 5.35. The lowest BCUT2D eigenvalue weighted by atomic mass is 10.1. The molecule has 0 saturated heterocycles. The lowest BCUT2D eigenvalue weighted by Crippen LogP contribution is -2.39. The fourth-order valence-electron chi connectivity index (χ4n) is 1.84. The van der Waals surface area contributed by atoms with Crippen LogP contribution in [0.2, 0.25) is 0 Å². The minimum atomic E-state index is -0.416. The first-order valence-corrected chi connectivity index (χ1v) is 6.95. The maximum atomic E-state index is 12.3. The van der Waals surface area contributed by atoms with E-state index in [2.05, 4.69) is 0 Å². The van der Waals surface area contributed by atoms with Crippen molar-refractivity contribution < 1.29 is 9.53 Å². The lowest BCUT2D eigenvalue weighted by Gasteiger charge is -2.32. The number of ether oxygens (including phenoxy) is 1. The molecule has 0 N–H and O–H groups in total. The fraction of sp³-hybridized carbons (Fsp3) is 0.562. The molecular formula is C16H25NO2. The van der Waals surface area contributed by atoms with Gasteiger partial charge in [-0.2, -0.15) is 0 Å². The topological polar surface area (TPSA) is 29.5 Å². The van der Waals surface area contributed by atoms with Gasteiger partial charge in [0.05, 0.1) is 6.04 Å². The first-order valence-electron chi connectivity index (χ1n) is 6.95. The average Bonchev–Trinajstić information content (AvgIpc) is 2.40. The van der Waals surface area contributed by atoms with Crippen LogP contribution in [0.1, 0.15) is 52.6 Å². The molecule has 3 nitrogen and oxygen atoms in total. The molecule has 0 aliphatic heterocycles. The predicted octanol–water partition coefficient (Wildman–Crippen LogP) is 4.39. The van der Waals surface area contributed by atoms with E-state index >= 15 is 0 Å². The number of carbonyl (C=O) groups excluding carboxylic acids is 1. The molecule has 1 aromatic carbocycles. The standard InChI is InChI=1S/C16H25NO2/c1-6-16(4,5)19-15(18)17(7-2)13(3)14-11-9-8-10-12-14/h8-13H,6-7H2,1-5H3. The Morgan fingerprint density at radius 2 is 1.84 bits per heavy atom. The van der Waals surface area contributed by atoms with Gasteiger partial charge in [-0.3, -0.25) is 0 Å². The molecule has 0 aromatic heterocycles. The number of rotatable bonds is 5. The van der Waals surface area contributed by atoms with Gasteiger partial charge in [-0.05, 0) is 39.7 Å². The number of hydrogen-bond acceptors (Lipinski definition) is 2. The fourth-order valence-corrected chi connectivity index (χ4v) is 1.84. The van der Waals surface area contributed by atoms with Gasteiger partial charge in [-0.1, -0.05) is 37.3 Å². The number of nitrogens with zero attached hydrogens (tertiary/aromatic N) is 1. The number of benzene rings is 1. The minimum Gasteiger partial charge on any atom is -0.443 e. The van der Waals surface area contributed by atoms with Crippen molar-refractivity contribution in [3.8, 4) is 0 Å². The van der Waals surface area contributed by atoms with Crippen molar-refractivity contribution in [2.24, 2.45) is 0 Å². The van der Waals surface area contributed by atoms with E-state index in [-0.39, 0.29) is 12.1 Å². The Hall–Kier alpha value is -1.51. The SMILES string of the molecule is CCN(C(=O)OC(C)(C)CC)C(C)c1ccccc1. The maximum Gasteiger partial charge on any atom is 0.410 e. The lowest BCUT2D eigenvalue weighted by molar-refractivity contribution is 0.00572. The van der Waals surface area contributed by atoms with Crippen LogP contribution in [0.15, 0.2) is 30.3 Å². The van der Waals surface area contributed by atoms with Crippen LogP contribution in [-0.2, 0) is 4.74 Å². The Balaban J connectivity index is 2.80. The molecule has 106 valence electrons. The van der Waals surface area contributed by atoms with Crippen molar-refractivity contribution in [3.63, 3.8) is 0 Å². The van der Waals surface area contributed by atoms with E-state index in [1.807, 2.05) is 65.0 Å². The molecule has 19 heavy (non-hydrogen) atoms. The second kappa shape index (κ2) is 6.60. The molecule has 1 unspecified atom stereocenters. The van der Waals surface area contributed by atoms with E-state index in [4.69, 9.17) is 4.74 Å². The Labute approximate surface area is 116 Å². The second-order valence-electron chi connectivity index (χ2n) is 5.35.